The van der Waals surface area contributed by atoms with Gasteiger partial charge in [-0.2, -0.15) is 0 Å². The Kier molecular flexibility index (Phi) is 1.29. The molecular weight excluding hydrogens is 160 g/mol. The molecule has 0 radical (unpaired) electrons. The van der Waals surface area contributed by atoms with Crippen molar-refractivity contribution >= 4 is 22.5 Å². The first-order chi connectivity index (χ1) is 5.29. The summed E-state index contributed by atoms with van der Waals surface area (Å²) in [7, 11) is 0. The summed E-state index contributed by atoms with van der Waals surface area (Å²) in [6.07, 6.45) is 1.79. The standard InChI is InChI=1S/C8H7ClN2/c9-7-2-1-3-8-6(7)4-5-11(8)10/h1-5H,10H2. The van der Waals surface area contributed by atoms with Crippen LogP contribution in [0.15, 0.2) is 30.5 Å². The summed E-state index contributed by atoms with van der Waals surface area (Å²) < 4.78 is 1.56. The van der Waals surface area contributed by atoms with Gasteiger partial charge in [0.1, 0.15) is 0 Å². The van der Waals surface area contributed by atoms with E-state index in [9.17, 15) is 0 Å². The molecule has 11 heavy (non-hydrogen) atoms. The SMILES string of the molecule is Nn1ccc2c(Cl)cccc21. The molecule has 3 heteroatoms. The second kappa shape index (κ2) is 2.17. The highest BCUT2D eigenvalue weighted by molar-refractivity contribution is 6.35. The van der Waals surface area contributed by atoms with E-state index in [2.05, 4.69) is 0 Å². The summed E-state index contributed by atoms with van der Waals surface area (Å²) in [6, 6.07) is 7.57. The molecule has 1 aromatic carbocycles. The Labute approximate surface area is 69.1 Å². The number of nitrogens with zero attached hydrogens (tertiary/aromatic N) is 1. The van der Waals surface area contributed by atoms with Crippen LogP contribution in [-0.2, 0) is 0 Å². The quantitative estimate of drug-likeness (QED) is 0.597. The van der Waals surface area contributed by atoms with Crippen LogP contribution in [0.5, 0.6) is 0 Å². The number of benzene rings is 1. The summed E-state index contributed by atoms with van der Waals surface area (Å²) >= 11 is 5.90. The van der Waals surface area contributed by atoms with Gasteiger partial charge in [0.05, 0.1) is 10.5 Å². The van der Waals surface area contributed by atoms with Gasteiger partial charge in [0.25, 0.3) is 0 Å². The lowest BCUT2D eigenvalue weighted by molar-refractivity contribution is 1.07. The third-order valence-corrected chi connectivity index (χ3v) is 2.04. The lowest BCUT2D eigenvalue weighted by atomic mass is 10.2. The number of fused-ring (bicyclic) bond motifs is 1. The van der Waals surface area contributed by atoms with Crippen molar-refractivity contribution in [3.05, 3.63) is 35.5 Å². The average Bonchev–Trinajstić information content (AvgIpc) is 2.35. The van der Waals surface area contributed by atoms with Gasteiger partial charge in [-0.25, -0.2) is 0 Å². The summed E-state index contributed by atoms with van der Waals surface area (Å²) in [4.78, 5) is 0. The van der Waals surface area contributed by atoms with Crippen LogP contribution in [0.1, 0.15) is 0 Å². The van der Waals surface area contributed by atoms with E-state index in [0.717, 1.165) is 15.9 Å². The van der Waals surface area contributed by atoms with Crippen molar-refractivity contribution in [1.82, 2.24) is 4.68 Å². The number of nitrogen functional groups attached to an aromatic ring is 1. The Bertz CT molecular complexity index is 392. The Morgan fingerprint density at radius 2 is 2.09 bits per heavy atom. The van der Waals surface area contributed by atoms with Gasteiger partial charge in [-0.3, -0.25) is 4.68 Å². The number of rotatable bonds is 0. The molecule has 2 rings (SSSR count). The van der Waals surface area contributed by atoms with Gasteiger partial charge in [0.2, 0.25) is 0 Å². The Balaban J connectivity index is 2.94. The van der Waals surface area contributed by atoms with E-state index in [1.807, 2.05) is 24.3 Å². The Hall–Kier alpha value is -1.15. The summed E-state index contributed by atoms with van der Waals surface area (Å²) in [6.45, 7) is 0. The molecule has 2 N–H and O–H groups in total. The molecule has 1 heterocycles. The molecule has 0 saturated heterocycles. The van der Waals surface area contributed by atoms with Crippen molar-refractivity contribution in [3.8, 4) is 0 Å². The molecule has 0 aliphatic rings. The molecule has 0 atom stereocenters. The van der Waals surface area contributed by atoms with E-state index in [-0.39, 0.29) is 0 Å². The van der Waals surface area contributed by atoms with Gasteiger partial charge >= 0.3 is 0 Å². The number of hydrogen-bond donors (Lipinski definition) is 1. The van der Waals surface area contributed by atoms with E-state index < -0.39 is 0 Å². The molecule has 2 aromatic rings. The highest BCUT2D eigenvalue weighted by Gasteiger charge is 1.99. The van der Waals surface area contributed by atoms with Crippen LogP contribution in [0.2, 0.25) is 5.02 Å². The van der Waals surface area contributed by atoms with Crippen molar-refractivity contribution in [2.24, 2.45) is 0 Å². The number of nitrogens with two attached hydrogens (primary N) is 1. The van der Waals surface area contributed by atoms with Crippen LogP contribution in [0, 0.1) is 0 Å². The van der Waals surface area contributed by atoms with Crippen LogP contribution in [0.3, 0.4) is 0 Å². The summed E-state index contributed by atoms with van der Waals surface area (Å²) in [5, 5.41) is 1.74. The molecule has 0 fully saturated rings. The molecule has 0 saturated carbocycles. The van der Waals surface area contributed by atoms with Crippen LogP contribution in [-0.4, -0.2) is 4.68 Å². The largest absolute Gasteiger partial charge is 0.339 e. The first-order valence-corrected chi connectivity index (χ1v) is 3.67. The number of aromatic nitrogens is 1. The summed E-state index contributed by atoms with van der Waals surface area (Å²) in [5.41, 5.74) is 0.956. The molecular formula is C8H7ClN2. The van der Waals surface area contributed by atoms with Gasteiger partial charge in [0.15, 0.2) is 0 Å². The van der Waals surface area contributed by atoms with E-state index >= 15 is 0 Å². The van der Waals surface area contributed by atoms with Gasteiger partial charge in [-0.1, -0.05) is 17.7 Å². The molecule has 0 unspecified atom stereocenters. The zero-order valence-corrected chi connectivity index (χ0v) is 6.55. The highest BCUT2D eigenvalue weighted by Crippen LogP contribution is 2.22. The van der Waals surface area contributed by atoms with E-state index in [1.54, 1.807) is 10.9 Å². The molecule has 2 nitrogen and oxygen atoms in total. The number of hydrogen-bond acceptors (Lipinski definition) is 1. The minimum Gasteiger partial charge on any atom is -0.339 e. The maximum Gasteiger partial charge on any atom is 0.0704 e. The van der Waals surface area contributed by atoms with Gasteiger partial charge in [-0.05, 0) is 18.2 Å². The van der Waals surface area contributed by atoms with Gasteiger partial charge < -0.3 is 5.84 Å². The lowest BCUT2D eigenvalue weighted by Gasteiger charge is -1.95. The maximum atomic E-state index is 5.90. The normalized spacial score (nSPS) is 10.6. The Morgan fingerprint density at radius 1 is 1.27 bits per heavy atom. The van der Waals surface area contributed by atoms with Crippen molar-refractivity contribution in [2.75, 3.05) is 5.84 Å². The van der Waals surface area contributed by atoms with Crippen LogP contribution in [0.25, 0.3) is 10.9 Å². The van der Waals surface area contributed by atoms with Crippen molar-refractivity contribution in [3.63, 3.8) is 0 Å². The molecule has 56 valence electrons. The third-order valence-electron chi connectivity index (χ3n) is 1.71. The minimum absolute atomic E-state index is 0.742. The van der Waals surface area contributed by atoms with Crippen LogP contribution >= 0.6 is 11.6 Å². The van der Waals surface area contributed by atoms with Crippen molar-refractivity contribution < 1.29 is 0 Å². The van der Waals surface area contributed by atoms with E-state index in [4.69, 9.17) is 17.4 Å². The molecule has 0 spiro atoms. The predicted octanol–water partition coefficient (Wildman–Crippen LogP) is 2.01. The van der Waals surface area contributed by atoms with Gasteiger partial charge in [-0.15, -0.1) is 0 Å². The predicted molar refractivity (Wildman–Crippen MR) is 47.1 cm³/mol. The van der Waals surface area contributed by atoms with Crippen LogP contribution in [0.4, 0.5) is 0 Å². The van der Waals surface area contributed by atoms with Crippen molar-refractivity contribution in [2.45, 2.75) is 0 Å². The van der Waals surface area contributed by atoms with Crippen molar-refractivity contribution in [1.29, 1.82) is 0 Å². The minimum atomic E-state index is 0.742. The third kappa shape index (κ3) is 0.870. The summed E-state index contributed by atoms with van der Waals surface area (Å²) in [5.74, 6) is 5.60. The van der Waals surface area contributed by atoms with E-state index in [1.165, 1.54) is 0 Å². The fourth-order valence-corrected chi connectivity index (χ4v) is 1.38. The zero-order valence-electron chi connectivity index (χ0n) is 5.79. The first-order valence-electron chi connectivity index (χ1n) is 3.30. The smallest absolute Gasteiger partial charge is 0.0704 e. The topological polar surface area (TPSA) is 30.9 Å². The first kappa shape index (κ1) is 6.55. The molecule has 1 aromatic heterocycles. The highest BCUT2D eigenvalue weighted by atomic mass is 35.5. The molecule has 0 bridgehead atoms. The Morgan fingerprint density at radius 3 is 2.82 bits per heavy atom. The van der Waals surface area contributed by atoms with E-state index in [0.29, 0.717) is 0 Å². The average molecular weight is 167 g/mol. The molecule has 0 amide bonds. The lowest BCUT2D eigenvalue weighted by Crippen LogP contribution is -2.04. The second-order valence-corrected chi connectivity index (χ2v) is 2.80. The molecule has 0 aliphatic heterocycles. The van der Waals surface area contributed by atoms with Crippen LogP contribution < -0.4 is 5.84 Å². The monoisotopic (exact) mass is 166 g/mol. The fraction of sp³-hybridized carbons (Fsp3) is 0. The zero-order chi connectivity index (χ0) is 7.84. The second-order valence-electron chi connectivity index (χ2n) is 2.40. The number of halogens is 1. The fourth-order valence-electron chi connectivity index (χ4n) is 1.15. The van der Waals surface area contributed by atoms with Gasteiger partial charge in [0, 0.05) is 11.6 Å². The maximum absolute atomic E-state index is 5.90. The molecule has 0 aliphatic carbocycles.